The van der Waals surface area contributed by atoms with Gasteiger partial charge in [-0.25, -0.2) is 0 Å². The second kappa shape index (κ2) is 7.72. The first-order valence-corrected chi connectivity index (χ1v) is 8.11. The van der Waals surface area contributed by atoms with Crippen LogP contribution < -0.4 is 5.32 Å². The molecule has 128 valence electrons. The first kappa shape index (κ1) is 16.9. The van der Waals surface area contributed by atoms with E-state index in [9.17, 15) is 9.90 Å². The van der Waals surface area contributed by atoms with E-state index in [2.05, 4.69) is 15.5 Å². The molecule has 0 saturated heterocycles. The van der Waals surface area contributed by atoms with Gasteiger partial charge in [-0.2, -0.15) is 0 Å². The maximum atomic E-state index is 12.1. The van der Waals surface area contributed by atoms with Crippen molar-refractivity contribution in [3.8, 4) is 11.5 Å². The summed E-state index contributed by atoms with van der Waals surface area (Å²) in [7, 11) is 0. The standard InChI is InChI=1S/C19H19N3O3/c1-2-18-21-22-19(25-18)14-8-10-15(11-9-14)20-17(24)12-16(23)13-6-4-3-5-7-13/h3-11,16,23H,2,12H2,1H3,(H,20,24). The lowest BCUT2D eigenvalue weighted by Gasteiger charge is -2.11. The number of aryl methyl sites for hydroxylation is 1. The van der Waals surface area contributed by atoms with Crippen LogP contribution in [0.5, 0.6) is 0 Å². The Labute approximate surface area is 145 Å². The van der Waals surface area contributed by atoms with Crippen molar-refractivity contribution in [3.63, 3.8) is 0 Å². The van der Waals surface area contributed by atoms with Crippen LogP contribution in [0.1, 0.15) is 30.9 Å². The van der Waals surface area contributed by atoms with Crippen LogP contribution in [0, 0.1) is 0 Å². The molecule has 1 heterocycles. The number of hydrogen-bond donors (Lipinski definition) is 2. The highest BCUT2D eigenvalue weighted by atomic mass is 16.4. The van der Waals surface area contributed by atoms with Gasteiger partial charge in [0.2, 0.25) is 17.7 Å². The summed E-state index contributed by atoms with van der Waals surface area (Å²) in [4.78, 5) is 12.1. The van der Waals surface area contributed by atoms with Crippen molar-refractivity contribution in [2.75, 3.05) is 5.32 Å². The van der Waals surface area contributed by atoms with Crippen LogP contribution in [-0.2, 0) is 11.2 Å². The molecule has 0 aliphatic heterocycles. The lowest BCUT2D eigenvalue weighted by atomic mass is 10.1. The molecule has 6 heteroatoms. The van der Waals surface area contributed by atoms with E-state index in [0.717, 1.165) is 11.1 Å². The minimum atomic E-state index is -0.827. The Balaban J connectivity index is 1.60. The number of carbonyl (C=O) groups is 1. The number of carbonyl (C=O) groups excluding carboxylic acids is 1. The molecule has 0 radical (unpaired) electrons. The van der Waals surface area contributed by atoms with Crippen molar-refractivity contribution in [3.05, 3.63) is 66.1 Å². The normalized spacial score (nSPS) is 11.9. The van der Waals surface area contributed by atoms with E-state index in [1.165, 1.54) is 0 Å². The predicted molar refractivity (Wildman–Crippen MR) is 93.8 cm³/mol. The molecular formula is C19H19N3O3. The summed E-state index contributed by atoms with van der Waals surface area (Å²) in [6.45, 7) is 1.94. The molecule has 25 heavy (non-hydrogen) atoms. The number of aliphatic hydroxyl groups excluding tert-OH is 1. The molecule has 0 bridgehead atoms. The molecule has 1 amide bonds. The number of benzene rings is 2. The van der Waals surface area contributed by atoms with E-state index in [-0.39, 0.29) is 12.3 Å². The number of rotatable bonds is 6. The van der Waals surface area contributed by atoms with Crippen LogP contribution in [0.4, 0.5) is 5.69 Å². The monoisotopic (exact) mass is 337 g/mol. The fourth-order valence-electron chi connectivity index (χ4n) is 2.39. The summed E-state index contributed by atoms with van der Waals surface area (Å²) < 4.78 is 5.50. The lowest BCUT2D eigenvalue weighted by molar-refractivity contribution is -0.118. The molecular weight excluding hydrogens is 318 g/mol. The number of aromatic nitrogens is 2. The third kappa shape index (κ3) is 4.30. The Hall–Kier alpha value is -2.99. The molecule has 3 aromatic rings. The summed E-state index contributed by atoms with van der Waals surface area (Å²) >= 11 is 0. The molecule has 0 spiro atoms. The molecule has 2 N–H and O–H groups in total. The molecule has 3 rings (SSSR count). The zero-order valence-electron chi connectivity index (χ0n) is 13.8. The zero-order chi connectivity index (χ0) is 17.6. The molecule has 0 aliphatic rings. The maximum Gasteiger partial charge on any atom is 0.247 e. The van der Waals surface area contributed by atoms with Crippen LogP contribution in [0.25, 0.3) is 11.5 Å². The molecule has 1 aromatic heterocycles. The first-order chi connectivity index (χ1) is 12.2. The van der Waals surface area contributed by atoms with E-state index < -0.39 is 6.10 Å². The first-order valence-electron chi connectivity index (χ1n) is 8.11. The smallest absolute Gasteiger partial charge is 0.247 e. The summed E-state index contributed by atoms with van der Waals surface area (Å²) in [5, 5.41) is 20.8. The topological polar surface area (TPSA) is 88.2 Å². The van der Waals surface area contributed by atoms with Crippen LogP contribution in [0.2, 0.25) is 0 Å². The molecule has 6 nitrogen and oxygen atoms in total. The fourth-order valence-corrected chi connectivity index (χ4v) is 2.39. The number of anilines is 1. The summed E-state index contributed by atoms with van der Waals surface area (Å²) in [5.74, 6) is 0.784. The Bertz CT molecular complexity index is 829. The molecule has 1 atom stereocenters. The second-order valence-electron chi connectivity index (χ2n) is 5.61. The number of nitrogens with one attached hydrogen (secondary N) is 1. The van der Waals surface area contributed by atoms with E-state index in [0.29, 0.717) is 23.9 Å². The quantitative estimate of drug-likeness (QED) is 0.720. The number of hydrogen-bond acceptors (Lipinski definition) is 5. The zero-order valence-corrected chi connectivity index (χ0v) is 13.8. The van der Waals surface area contributed by atoms with Crippen LogP contribution >= 0.6 is 0 Å². The molecule has 2 aromatic carbocycles. The van der Waals surface area contributed by atoms with Gasteiger partial charge in [-0.3, -0.25) is 4.79 Å². The van der Waals surface area contributed by atoms with Crippen molar-refractivity contribution < 1.29 is 14.3 Å². The third-order valence-corrected chi connectivity index (χ3v) is 3.75. The molecule has 0 saturated carbocycles. The lowest BCUT2D eigenvalue weighted by Crippen LogP contribution is -2.15. The SMILES string of the molecule is CCc1nnc(-c2ccc(NC(=O)CC(O)c3ccccc3)cc2)o1. The van der Waals surface area contributed by atoms with Gasteiger partial charge in [0, 0.05) is 17.7 Å². The number of nitrogens with zero attached hydrogens (tertiary/aromatic N) is 2. The van der Waals surface area contributed by atoms with Gasteiger partial charge in [0.15, 0.2) is 0 Å². The highest BCUT2D eigenvalue weighted by Crippen LogP contribution is 2.21. The van der Waals surface area contributed by atoms with Gasteiger partial charge >= 0.3 is 0 Å². The Morgan fingerprint density at radius 2 is 1.84 bits per heavy atom. The van der Waals surface area contributed by atoms with E-state index in [4.69, 9.17) is 4.42 Å². The Morgan fingerprint density at radius 3 is 2.48 bits per heavy atom. The van der Waals surface area contributed by atoms with Crippen LogP contribution in [-0.4, -0.2) is 21.2 Å². The van der Waals surface area contributed by atoms with Crippen LogP contribution in [0.3, 0.4) is 0 Å². The summed E-state index contributed by atoms with van der Waals surface area (Å²) in [6.07, 6.45) is -0.147. The largest absolute Gasteiger partial charge is 0.421 e. The van der Waals surface area contributed by atoms with E-state index in [1.54, 1.807) is 36.4 Å². The highest BCUT2D eigenvalue weighted by molar-refractivity contribution is 5.91. The highest BCUT2D eigenvalue weighted by Gasteiger charge is 2.13. The van der Waals surface area contributed by atoms with Crippen molar-refractivity contribution >= 4 is 11.6 Å². The molecule has 1 unspecified atom stereocenters. The molecule has 0 aliphatic carbocycles. The van der Waals surface area contributed by atoms with Crippen molar-refractivity contribution in [2.24, 2.45) is 0 Å². The van der Waals surface area contributed by atoms with Crippen molar-refractivity contribution in [1.29, 1.82) is 0 Å². The summed E-state index contributed by atoms with van der Waals surface area (Å²) in [5.41, 5.74) is 2.15. The minimum absolute atomic E-state index is 0.00468. The Kier molecular flexibility index (Phi) is 5.20. The summed E-state index contributed by atoms with van der Waals surface area (Å²) in [6, 6.07) is 16.2. The van der Waals surface area contributed by atoms with Gasteiger partial charge in [-0.05, 0) is 29.8 Å². The minimum Gasteiger partial charge on any atom is -0.421 e. The average Bonchev–Trinajstić information content (AvgIpc) is 3.12. The van der Waals surface area contributed by atoms with Crippen molar-refractivity contribution in [2.45, 2.75) is 25.9 Å². The van der Waals surface area contributed by atoms with E-state index in [1.807, 2.05) is 25.1 Å². The predicted octanol–water partition coefficient (Wildman–Crippen LogP) is 3.36. The van der Waals surface area contributed by atoms with Gasteiger partial charge in [-0.15, -0.1) is 10.2 Å². The van der Waals surface area contributed by atoms with Crippen LogP contribution in [0.15, 0.2) is 59.0 Å². The second-order valence-corrected chi connectivity index (χ2v) is 5.61. The fraction of sp³-hybridized carbons (Fsp3) is 0.211. The van der Waals surface area contributed by atoms with Gasteiger partial charge in [0.25, 0.3) is 0 Å². The van der Waals surface area contributed by atoms with Gasteiger partial charge < -0.3 is 14.8 Å². The maximum absolute atomic E-state index is 12.1. The van der Waals surface area contributed by atoms with Gasteiger partial charge in [-0.1, -0.05) is 37.3 Å². The van der Waals surface area contributed by atoms with Gasteiger partial charge in [0.05, 0.1) is 12.5 Å². The number of amides is 1. The third-order valence-electron chi connectivity index (χ3n) is 3.75. The Morgan fingerprint density at radius 1 is 1.12 bits per heavy atom. The average molecular weight is 337 g/mol. The van der Waals surface area contributed by atoms with Gasteiger partial charge in [0.1, 0.15) is 0 Å². The van der Waals surface area contributed by atoms with E-state index >= 15 is 0 Å². The number of aliphatic hydroxyl groups is 1. The van der Waals surface area contributed by atoms with Crippen molar-refractivity contribution in [1.82, 2.24) is 10.2 Å². The molecule has 0 fully saturated rings.